The van der Waals surface area contributed by atoms with E-state index in [-0.39, 0.29) is 24.0 Å². The number of amides is 1. The molecule has 0 radical (unpaired) electrons. The van der Waals surface area contributed by atoms with Crippen LogP contribution in [0.2, 0.25) is 5.02 Å². The number of Topliss-reactive ketones (excluding diaryl/α,β-unsaturated/α-hetero) is 1. The van der Waals surface area contributed by atoms with E-state index in [0.29, 0.717) is 29.3 Å². The number of ketones is 1. The fraction of sp³-hybridized carbons (Fsp3) is 0.333. The van der Waals surface area contributed by atoms with Crippen molar-refractivity contribution in [1.82, 2.24) is 10.2 Å². The first-order valence-corrected chi connectivity index (χ1v) is 13.4. The molecule has 1 heterocycles. The lowest BCUT2D eigenvalue weighted by Crippen LogP contribution is -2.50. The van der Waals surface area contributed by atoms with Crippen molar-refractivity contribution in [2.75, 3.05) is 13.1 Å². The fourth-order valence-corrected chi connectivity index (χ4v) is 4.95. The van der Waals surface area contributed by atoms with Crippen LogP contribution in [-0.2, 0) is 4.79 Å². The summed E-state index contributed by atoms with van der Waals surface area (Å²) in [5.41, 5.74) is 2.18. The minimum atomic E-state index is -1.19. The van der Waals surface area contributed by atoms with Gasteiger partial charge in [-0.15, -0.1) is 0 Å². The van der Waals surface area contributed by atoms with Crippen molar-refractivity contribution in [1.29, 1.82) is 0 Å². The third-order valence-electron chi connectivity index (χ3n) is 7.10. The maximum atomic E-state index is 13.2. The number of halogens is 2. The first-order valence-electron chi connectivity index (χ1n) is 13.1. The zero-order valence-corrected chi connectivity index (χ0v) is 22.0. The highest BCUT2D eigenvalue weighted by molar-refractivity contribution is 6.42. The second-order valence-corrected chi connectivity index (χ2v) is 10.5. The molecule has 0 aromatic heterocycles. The molecule has 1 saturated heterocycles. The van der Waals surface area contributed by atoms with E-state index in [2.05, 4.69) is 5.32 Å². The van der Waals surface area contributed by atoms with Crippen LogP contribution in [0.15, 0.2) is 66.7 Å². The van der Waals surface area contributed by atoms with E-state index in [1.807, 2.05) is 0 Å². The van der Waals surface area contributed by atoms with Crippen LogP contribution in [0.4, 0.5) is 4.39 Å². The number of benzene rings is 3. The van der Waals surface area contributed by atoms with Crippen molar-refractivity contribution in [3.05, 3.63) is 88.7 Å². The number of rotatable bonds is 10. The molecule has 1 saturated carbocycles. The van der Waals surface area contributed by atoms with Crippen molar-refractivity contribution in [2.45, 2.75) is 50.2 Å². The van der Waals surface area contributed by atoms with E-state index in [0.717, 1.165) is 30.4 Å². The summed E-state index contributed by atoms with van der Waals surface area (Å²) in [4.78, 5) is 27.8. The maximum Gasteiger partial charge on any atom is 0.292 e. The summed E-state index contributed by atoms with van der Waals surface area (Å²) in [7, 11) is 0. The average Bonchev–Trinajstić information content (AvgIpc) is 3.68. The SMILES string of the molecule is O=C(N[C@H](CN1CCCC1O)[C@H](O)c1ccc(OC2CC2)c(Cl)c1)C(=O)c1ccc(-c2ccc(F)cc2)cc1. The topological polar surface area (TPSA) is 99.1 Å². The number of nitrogens with one attached hydrogen (secondary N) is 1. The summed E-state index contributed by atoms with van der Waals surface area (Å²) in [5.74, 6) is -1.44. The molecule has 7 nitrogen and oxygen atoms in total. The van der Waals surface area contributed by atoms with Crippen LogP contribution in [0.25, 0.3) is 11.1 Å². The lowest BCUT2D eigenvalue weighted by Gasteiger charge is -2.30. The predicted molar refractivity (Wildman–Crippen MR) is 145 cm³/mol. The third kappa shape index (κ3) is 6.65. The molecule has 1 amide bonds. The summed E-state index contributed by atoms with van der Waals surface area (Å²) >= 11 is 6.40. The van der Waals surface area contributed by atoms with Gasteiger partial charge in [0.2, 0.25) is 5.78 Å². The fourth-order valence-electron chi connectivity index (χ4n) is 4.71. The van der Waals surface area contributed by atoms with Gasteiger partial charge in [0, 0.05) is 18.7 Å². The van der Waals surface area contributed by atoms with Crippen molar-refractivity contribution in [3.63, 3.8) is 0 Å². The van der Waals surface area contributed by atoms with Gasteiger partial charge in [-0.05, 0) is 66.6 Å². The molecule has 39 heavy (non-hydrogen) atoms. The Hall–Kier alpha value is -3.30. The van der Waals surface area contributed by atoms with Crippen LogP contribution in [0.3, 0.4) is 0 Å². The molecular formula is C30H30ClFN2O5. The Bertz CT molecular complexity index is 1330. The number of carbonyl (C=O) groups is 2. The number of aliphatic hydroxyl groups excluding tert-OH is 2. The minimum absolute atomic E-state index is 0.142. The van der Waals surface area contributed by atoms with Gasteiger partial charge in [-0.2, -0.15) is 0 Å². The molecule has 0 bridgehead atoms. The number of aliphatic hydroxyl groups is 2. The van der Waals surface area contributed by atoms with E-state index < -0.39 is 30.1 Å². The van der Waals surface area contributed by atoms with Gasteiger partial charge < -0.3 is 20.3 Å². The smallest absolute Gasteiger partial charge is 0.292 e. The van der Waals surface area contributed by atoms with Gasteiger partial charge >= 0.3 is 0 Å². The number of carbonyl (C=O) groups excluding carboxylic acids is 2. The molecule has 3 aromatic rings. The Morgan fingerprint density at radius 2 is 1.69 bits per heavy atom. The van der Waals surface area contributed by atoms with E-state index in [1.54, 1.807) is 47.4 Å². The van der Waals surface area contributed by atoms with Gasteiger partial charge in [0.15, 0.2) is 0 Å². The highest BCUT2D eigenvalue weighted by Gasteiger charge is 2.32. The molecule has 1 aliphatic carbocycles. The van der Waals surface area contributed by atoms with E-state index in [1.165, 1.54) is 24.3 Å². The Balaban J connectivity index is 1.31. The number of likely N-dealkylation sites (tertiary alicyclic amines) is 1. The van der Waals surface area contributed by atoms with E-state index >= 15 is 0 Å². The predicted octanol–water partition coefficient (Wildman–Crippen LogP) is 4.50. The van der Waals surface area contributed by atoms with Crippen LogP contribution in [0, 0.1) is 5.82 Å². The number of nitrogens with zero attached hydrogens (tertiary/aromatic N) is 1. The number of hydrogen-bond donors (Lipinski definition) is 3. The minimum Gasteiger partial charge on any atom is -0.489 e. The number of hydrogen-bond acceptors (Lipinski definition) is 6. The molecule has 3 aromatic carbocycles. The Labute approximate surface area is 231 Å². The molecule has 2 aliphatic rings. The van der Waals surface area contributed by atoms with Crippen LogP contribution in [0.5, 0.6) is 5.75 Å². The Morgan fingerprint density at radius 1 is 1.03 bits per heavy atom. The summed E-state index contributed by atoms with van der Waals surface area (Å²) in [6.45, 7) is 0.747. The Kier molecular flexibility index (Phi) is 8.28. The monoisotopic (exact) mass is 552 g/mol. The zero-order chi connectivity index (χ0) is 27.5. The van der Waals surface area contributed by atoms with Crippen molar-refractivity contribution in [2.24, 2.45) is 0 Å². The van der Waals surface area contributed by atoms with Gasteiger partial charge in [-0.3, -0.25) is 14.5 Å². The molecule has 0 spiro atoms. The van der Waals surface area contributed by atoms with Crippen LogP contribution in [0.1, 0.15) is 47.7 Å². The summed E-state index contributed by atoms with van der Waals surface area (Å²) in [6, 6.07) is 16.5. The largest absolute Gasteiger partial charge is 0.489 e. The zero-order valence-electron chi connectivity index (χ0n) is 21.2. The van der Waals surface area contributed by atoms with Crippen LogP contribution in [-0.4, -0.2) is 58.3 Å². The molecule has 1 unspecified atom stereocenters. The van der Waals surface area contributed by atoms with Crippen LogP contribution < -0.4 is 10.1 Å². The molecule has 3 N–H and O–H groups in total. The number of ether oxygens (including phenoxy) is 1. The molecule has 5 rings (SSSR count). The quantitative estimate of drug-likeness (QED) is 0.253. The van der Waals surface area contributed by atoms with Crippen molar-refractivity contribution < 1.29 is 28.9 Å². The van der Waals surface area contributed by atoms with Gasteiger partial charge in [-0.1, -0.05) is 54.1 Å². The summed E-state index contributed by atoms with van der Waals surface area (Å²) in [5, 5.41) is 24.6. The molecule has 9 heteroatoms. The summed E-state index contributed by atoms with van der Waals surface area (Å²) in [6.07, 6.45) is 1.63. The van der Waals surface area contributed by atoms with Gasteiger partial charge in [0.1, 0.15) is 23.9 Å². The van der Waals surface area contributed by atoms with Gasteiger partial charge in [0.25, 0.3) is 5.91 Å². The molecule has 204 valence electrons. The lowest BCUT2D eigenvalue weighted by atomic mass is 10.00. The second kappa shape index (κ2) is 11.8. The van der Waals surface area contributed by atoms with Gasteiger partial charge in [-0.25, -0.2) is 4.39 Å². The summed E-state index contributed by atoms with van der Waals surface area (Å²) < 4.78 is 19.0. The van der Waals surface area contributed by atoms with Gasteiger partial charge in [0.05, 0.1) is 17.2 Å². The van der Waals surface area contributed by atoms with Crippen molar-refractivity contribution in [3.8, 4) is 16.9 Å². The van der Waals surface area contributed by atoms with Crippen LogP contribution >= 0.6 is 11.6 Å². The molecular weight excluding hydrogens is 523 g/mol. The standard InChI is InChI=1S/C30H30ClFN2O5/c31-24-16-21(9-14-26(24)39-23-12-13-23)28(36)25(17-34-15-1-2-27(34)35)33-30(38)29(37)20-5-3-18(4-6-20)19-7-10-22(32)11-8-19/h3-11,14,16,23,25,27-28,35-36H,1-2,12-13,15,17H2,(H,33,38)/t25-,27?,28-/m1/s1. The highest BCUT2D eigenvalue weighted by atomic mass is 35.5. The van der Waals surface area contributed by atoms with Crippen molar-refractivity contribution >= 4 is 23.3 Å². The molecule has 2 fully saturated rings. The third-order valence-corrected chi connectivity index (χ3v) is 7.40. The normalized spacial score (nSPS) is 18.9. The second-order valence-electron chi connectivity index (χ2n) is 10.1. The molecule has 1 aliphatic heterocycles. The first kappa shape index (κ1) is 27.3. The van der Waals surface area contributed by atoms with E-state index in [9.17, 15) is 24.2 Å². The lowest BCUT2D eigenvalue weighted by molar-refractivity contribution is -0.119. The average molecular weight is 553 g/mol. The maximum absolute atomic E-state index is 13.2. The molecule has 3 atom stereocenters. The van der Waals surface area contributed by atoms with E-state index in [4.69, 9.17) is 16.3 Å². The highest BCUT2D eigenvalue weighted by Crippen LogP contribution is 2.34. The Morgan fingerprint density at radius 3 is 2.28 bits per heavy atom. The first-order chi connectivity index (χ1) is 18.8.